The molecular formula is C14H20ClNO. The van der Waals surface area contributed by atoms with Crippen molar-refractivity contribution < 1.29 is 5.11 Å². The molecule has 2 nitrogen and oxygen atoms in total. The van der Waals surface area contributed by atoms with Gasteiger partial charge in [-0.2, -0.15) is 0 Å². The van der Waals surface area contributed by atoms with E-state index in [1.54, 1.807) is 0 Å². The van der Waals surface area contributed by atoms with Crippen LogP contribution in [0.2, 0.25) is 5.02 Å². The molecule has 94 valence electrons. The largest absolute Gasteiger partial charge is 0.507 e. The lowest BCUT2D eigenvalue weighted by Crippen LogP contribution is -2.33. The highest BCUT2D eigenvalue weighted by atomic mass is 35.5. The van der Waals surface area contributed by atoms with Crippen LogP contribution in [0.3, 0.4) is 0 Å². The van der Waals surface area contributed by atoms with E-state index in [4.69, 9.17) is 17.3 Å². The Morgan fingerprint density at radius 2 is 1.88 bits per heavy atom. The van der Waals surface area contributed by atoms with Crippen LogP contribution in [0, 0.1) is 0 Å². The van der Waals surface area contributed by atoms with Crippen molar-refractivity contribution in [3.8, 4) is 5.75 Å². The maximum atomic E-state index is 10.4. The van der Waals surface area contributed by atoms with Gasteiger partial charge in [0, 0.05) is 16.1 Å². The molecule has 0 heterocycles. The van der Waals surface area contributed by atoms with E-state index in [9.17, 15) is 5.11 Å². The summed E-state index contributed by atoms with van der Waals surface area (Å²) in [6, 6.07) is 3.66. The van der Waals surface area contributed by atoms with Crippen molar-refractivity contribution in [2.45, 2.75) is 51.0 Å². The number of rotatable bonds is 2. The van der Waals surface area contributed by atoms with E-state index in [-0.39, 0.29) is 5.92 Å². The molecule has 1 fully saturated rings. The fourth-order valence-electron chi connectivity index (χ4n) is 2.72. The van der Waals surface area contributed by atoms with Crippen LogP contribution in [0.1, 0.15) is 56.6 Å². The monoisotopic (exact) mass is 253 g/mol. The molecule has 0 atom stereocenters. The number of benzene rings is 1. The van der Waals surface area contributed by atoms with Gasteiger partial charge in [-0.1, -0.05) is 38.3 Å². The van der Waals surface area contributed by atoms with Crippen LogP contribution < -0.4 is 5.73 Å². The van der Waals surface area contributed by atoms with Crippen LogP contribution in [-0.4, -0.2) is 5.11 Å². The average molecular weight is 254 g/mol. The smallest absolute Gasteiger partial charge is 0.124 e. The molecule has 1 aliphatic rings. The highest BCUT2D eigenvalue weighted by molar-refractivity contribution is 6.30. The molecule has 0 bridgehead atoms. The predicted molar refractivity (Wildman–Crippen MR) is 71.5 cm³/mol. The van der Waals surface area contributed by atoms with Gasteiger partial charge in [-0.25, -0.2) is 0 Å². The number of halogens is 1. The first-order valence-corrected chi connectivity index (χ1v) is 6.63. The van der Waals surface area contributed by atoms with Crippen LogP contribution in [0.5, 0.6) is 5.75 Å². The molecule has 0 unspecified atom stereocenters. The third-order valence-electron chi connectivity index (χ3n) is 3.76. The second kappa shape index (κ2) is 4.51. The van der Waals surface area contributed by atoms with Gasteiger partial charge in [-0.05, 0) is 36.5 Å². The van der Waals surface area contributed by atoms with Gasteiger partial charge in [-0.15, -0.1) is 0 Å². The van der Waals surface area contributed by atoms with Crippen LogP contribution in [-0.2, 0) is 5.54 Å². The molecule has 0 saturated heterocycles. The van der Waals surface area contributed by atoms with Gasteiger partial charge in [0.1, 0.15) is 5.75 Å². The zero-order valence-corrected chi connectivity index (χ0v) is 11.2. The summed E-state index contributed by atoms with van der Waals surface area (Å²) in [5.41, 5.74) is 7.73. The standard InChI is InChI=1S/C14H20ClNO/c1-9(2)11-7-10(15)8-12(13(11)17)14(16)5-3-4-6-14/h7-9,17H,3-6,16H2,1-2H3. The summed E-state index contributed by atoms with van der Waals surface area (Å²) in [4.78, 5) is 0. The molecule has 3 heteroatoms. The Balaban J connectivity index is 2.53. The Hall–Kier alpha value is -0.730. The molecule has 2 rings (SSSR count). The Bertz CT molecular complexity index is 422. The highest BCUT2D eigenvalue weighted by Crippen LogP contribution is 2.44. The van der Waals surface area contributed by atoms with E-state index in [0.717, 1.165) is 36.8 Å². The summed E-state index contributed by atoms with van der Waals surface area (Å²) in [6.07, 6.45) is 4.11. The number of phenolic OH excluding ortho intramolecular Hbond substituents is 1. The molecule has 17 heavy (non-hydrogen) atoms. The molecule has 1 aromatic carbocycles. The Kier molecular flexibility index (Phi) is 3.37. The van der Waals surface area contributed by atoms with Gasteiger partial charge in [0.05, 0.1) is 0 Å². The minimum absolute atomic E-state index is 0.248. The number of hydrogen-bond acceptors (Lipinski definition) is 2. The minimum atomic E-state index is -0.390. The maximum absolute atomic E-state index is 10.4. The fourth-order valence-corrected chi connectivity index (χ4v) is 2.94. The predicted octanol–water partition coefficient (Wildman–Crippen LogP) is 3.90. The Morgan fingerprint density at radius 3 is 2.41 bits per heavy atom. The minimum Gasteiger partial charge on any atom is -0.507 e. The lowest BCUT2D eigenvalue weighted by molar-refractivity contribution is 0.404. The lowest BCUT2D eigenvalue weighted by Gasteiger charge is -2.27. The van der Waals surface area contributed by atoms with E-state index in [1.807, 2.05) is 26.0 Å². The zero-order valence-electron chi connectivity index (χ0n) is 10.5. The first-order valence-electron chi connectivity index (χ1n) is 6.26. The Morgan fingerprint density at radius 1 is 1.29 bits per heavy atom. The summed E-state index contributed by atoms with van der Waals surface area (Å²) in [5.74, 6) is 0.589. The summed E-state index contributed by atoms with van der Waals surface area (Å²) in [5, 5.41) is 11.0. The molecule has 1 aromatic rings. The van der Waals surface area contributed by atoms with Gasteiger partial charge in [-0.3, -0.25) is 0 Å². The van der Waals surface area contributed by atoms with E-state index < -0.39 is 5.54 Å². The number of phenols is 1. The topological polar surface area (TPSA) is 46.2 Å². The van der Waals surface area contributed by atoms with E-state index in [2.05, 4.69) is 0 Å². The van der Waals surface area contributed by atoms with Crippen molar-refractivity contribution >= 4 is 11.6 Å². The van der Waals surface area contributed by atoms with Crippen molar-refractivity contribution in [3.05, 3.63) is 28.3 Å². The van der Waals surface area contributed by atoms with Gasteiger partial charge in [0.25, 0.3) is 0 Å². The van der Waals surface area contributed by atoms with Gasteiger partial charge < -0.3 is 10.8 Å². The van der Waals surface area contributed by atoms with Crippen molar-refractivity contribution in [1.29, 1.82) is 0 Å². The van der Waals surface area contributed by atoms with Gasteiger partial charge in [0.15, 0.2) is 0 Å². The van der Waals surface area contributed by atoms with E-state index >= 15 is 0 Å². The molecule has 0 aliphatic heterocycles. The SMILES string of the molecule is CC(C)c1cc(Cl)cc(C2(N)CCCC2)c1O. The normalized spacial score (nSPS) is 18.9. The number of hydrogen-bond donors (Lipinski definition) is 2. The van der Waals surface area contributed by atoms with Gasteiger partial charge >= 0.3 is 0 Å². The van der Waals surface area contributed by atoms with E-state index in [1.165, 1.54) is 0 Å². The summed E-state index contributed by atoms with van der Waals surface area (Å²) >= 11 is 6.14. The van der Waals surface area contributed by atoms with Gasteiger partial charge in [0.2, 0.25) is 0 Å². The molecule has 1 saturated carbocycles. The van der Waals surface area contributed by atoms with E-state index in [0.29, 0.717) is 10.8 Å². The second-order valence-corrected chi connectivity index (χ2v) is 5.85. The van der Waals surface area contributed by atoms with Crippen molar-refractivity contribution in [2.24, 2.45) is 5.73 Å². The van der Waals surface area contributed by atoms with Crippen molar-refractivity contribution in [1.82, 2.24) is 0 Å². The Labute approximate surface area is 108 Å². The number of nitrogens with two attached hydrogens (primary N) is 1. The second-order valence-electron chi connectivity index (χ2n) is 5.41. The lowest BCUT2D eigenvalue weighted by atomic mass is 9.85. The van der Waals surface area contributed by atoms with Crippen LogP contribution in [0.25, 0.3) is 0 Å². The molecular weight excluding hydrogens is 234 g/mol. The molecule has 0 aromatic heterocycles. The molecule has 0 amide bonds. The molecule has 3 N–H and O–H groups in total. The van der Waals surface area contributed by atoms with Crippen LogP contribution in [0.4, 0.5) is 0 Å². The third kappa shape index (κ3) is 2.29. The first-order chi connectivity index (χ1) is 7.94. The van der Waals surface area contributed by atoms with Crippen LogP contribution >= 0.6 is 11.6 Å². The number of aromatic hydroxyl groups is 1. The molecule has 0 radical (unpaired) electrons. The average Bonchev–Trinajstić information content (AvgIpc) is 2.69. The summed E-state index contributed by atoms with van der Waals surface area (Å²) in [7, 11) is 0. The quantitative estimate of drug-likeness (QED) is 0.840. The van der Waals surface area contributed by atoms with Crippen LogP contribution in [0.15, 0.2) is 12.1 Å². The third-order valence-corrected chi connectivity index (χ3v) is 3.98. The van der Waals surface area contributed by atoms with Crippen molar-refractivity contribution in [3.63, 3.8) is 0 Å². The maximum Gasteiger partial charge on any atom is 0.124 e. The highest BCUT2D eigenvalue weighted by Gasteiger charge is 2.34. The molecule has 0 spiro atoms. The zero-order chi connectivity index (χ0) is 12.6. The first kappa shape index (κ1) is 12.7. The summed E-state index contributed by atoms with van der Waals surface area (Å²) in [6.45, 7) is 4.10. The summed E-state index contributed by atoms with van der Waals surface area (Å²) < 4.78 is 0. The fraction of sp³-hybridized carbons (Fsp3) is 0.571. The molecule has 1 aliphatic carbocycles. The van der Waals surface area contributed by atoms with Crippen molar-refractivity contribution in [2.75, 3.05) is 0 Å².